The topological polar surface area (TPSA) is 32.3 Å². The first-order valence-electron chi connectivity index (χ1n) is 4.47. The van der Waals surface area contributed by atoms with Gasteiger partial charge >= 0.3 is 6.03 Å². The zero-order valence-corrected chi connectivity index (χ0v) is 9.92. The second-order valence-electron chi connectivity index (χ2n) is 3.05. The summed E-state index contributed by atoms with van der Waals surface area (Å²) in [4.78, 5) is 13.0. The van der Waals surface area contributed by atoms with Gasteiger partial charge in [-0.25, -0.2) is 9.18 Å². The van der Waals surface area contributed by atoms with Crippen LogP contribution in [-0.4, -0.2) is 29.9 Å². The molecule has 0 spiro atoms. The standard InChI is InChI=1S/C10H12BrFN2O/c1-14(6-5-11)10(15)13-9-4-2-3-8(12)7-9/h2-4,7H,5-6H2,1H3,(H,13,15). The molecule has 1 rings (SSSR count). The van der Waals surface area contributed by atoms with Crippen LogP contribution >= 0.6 is 15.9 Å². The molecular formula is C10H12BrFN2O. The van der Waals surface area contributed by atoms with Gasteiger partial charge in [0.2, 0.25) is 0 Å². The van der Waals surface area contributed by atoms with Gasteiger partial charge in [0.05, 0.1) is 0 Å². The first kappa shape index (κ1) is 12.0. The van der Waals surface area contributed by atoms with Crippen LogP contribution in [0.1, 0.15) is 0 Å². The molecule has 82 valence electrons. The zero-order chi connectivity index (χ0) is 11.3. The summed E-state index contributed by atoms with van der Waals surface area (Å²) in [6.45, 7) is 0.598. The van der Waals surface area contributed by atoms with Gasteiger partial charge in [0.15, 0.2) is 0 Å². The van der Waals surface area contributed by atoms with Crippen molar-refractivity contribution in [3.8, 4) is 0 Å². The molecule has 1 N–H and O–H groups in total. The third-order valence-electron chi connectivity index (χ3n) is 1.84. The Labute approximate surface area is 96.4 Å². The number of alkyl halides is 1. The van der Waals surface area contributed by atoms with Crippen molar-refractivity contribution in [2.24, 2.45) is 0 Å². The number of halogens is 2. The van der Waals surface area contributed by atoms with Crippen LogP contribution in [0.15, 0.2) is 24.3 Å². The number of anilines is 1. The fourth-order valence-electron chi connectivity index (χ4n) is 1.01. The maximum Gasteiger partial charge on any atom is 0.321 e. The highest BCUT2D eigenvalue weighted by atomic mass is 79.9. The number of hydrogen-bond donors (Lipinski definition) is 1. The first-order chi connectivity index (χ1) is 7.13. The molecule has 0 heterocycles. The summed E-state index contributed by atoms with van der Waals surface area (Å²) in [7, 11) is 1.68. The van der Waals surface area contributed by atoms with E-state index in [9.17, 15) is 9.18 Å². The van der Waals surface area contributed by atoms with Crippen LogP contribution in [-0.2, 0) is 0 Å². The van der Waals surface area contributed by atoms with Crippen LogP contribution < -0.4 is 5.32 Å². The van der Waals surface area contributed by atoms with Crippen molar-refractivity contribution in [3.63, 3.8) is 0 Å². The molecule has 0 aliphatic heterocycles. The molecule has 0 unspecified atom stereocenters. The van der Waals surface area contributed by atoms with Crippen molar-refractivity contribution in [1.82, 2.24) is 4.90 Å². The minimum absolute atomic E-state index is 0.250. The summed E-state index contributed by atoms with van der Waals surface area (Å²) in [5.74, 6) is -0.365. The number of nitrogens with zero attached hydrogens (tertiary/aromatic N) is 1. The van der Waals surface area contributed by atoms with E-state index in [0.29, 0.717) is 17.6 Å². The van der Waals surface area contributed by atoms with Gasteiger partial charge in [-0.3, -0.25) is 0 Å². The van der Waals surface area contributed by atoms with E-state index in [4.69, 9.17) is 0 Å². The molecule has 0 aromatic heterocycles. The van der Waals surface area contributed by atoms with E-state index < -0.39 is 0 Å². The smallest absolute Gasteiger partial charge is 0.321 e. The average molecular weight is 275 g/mol. The highest BCUT2D eigenvalue weighted by Gasteiger charge is 2.07. The molecule has 0 saturated heterocycles. The van der Waals surface area contributed by atoms with Gasteiger partial charge < -0.3 is 10.2 Å². The van der Waals surface area contributed by atoms with Gasteiger partial charge in [-0.05, 0) is 18.2 Å². The lowest BCUT2D eigenvalue weighted by atomic mass is 10.3. The number of urea groups is 1. The van der Waals surface area contributed by atoms with Crippen molar-refractivity contribution < 1.29 is 9.18 Å². The molecule has 0 aliphatic rings. The summed E-state index contributed by atoms with van der Waals surface area (Å²) >= 11 is 3.23. The molecular weight excluding hydrogens is 263 g/mol. The quantitative estimate of drug-likeness (QED) is 0.845. The van der Waals surface area contributed by atoms with Gasteiger partial charge in [-0.2, -0.15) is 0 Å². The van der Waals surface area contributed by atoms with Gasteiger partial charge in [0.25, 0.3) is 0 Å². The minimum Gasteiger partial charge on any atom is -0.327 e. The third kappa shape index (κ3) is 3.87. The fourth-order valence-corrected chi connectivity index (χ4v) is 1.55. The van der Waals surface area contributed by atoms with Crippen LogP contribution in [0, 0.1) is 5.82 Å². The molecule has 2 amide bonds. The molecule has 15 heavy (non-hydrogen) atoms. The zero-order valence-electron chi connectivity index (χ0n) is 8.34. The summed E-state index contributed by atoms with van der Waals surface area (Å²) in [5, 5.41) is 3.30. The maximum absolute atomic E-state index is 12.8. The predicted octanol–water partition coefficient (Wildman–Crippen LogP) is 2.68. The van der Waals surface area contributed by atoms with Crippen LogP contribution in [0.2, 0.25) is 0 Å². The molecule has 0 saturated carbocycles. The number of carbonyl (C=O) groups excluding carboxylic acids is 1. The molecule has 5 heteroatoms. The molecule has 1 aromatic carbocycles. The Bertz CT molecular complexity index is 346. The molecule has 0 bridgehead atoms. The summed E-state index contributed by atoms with van der Waals surface area (Å²) in [5.41, 5.74) is 0.460. The predicted molar refractivity (Wildman–Crippen MR) is 61.8 cm³/mol. The van der Waals surface area contributed by atoms with Gasteiger partial charge in [0, 0.05) is 24.6 Å². The second kappa shape index (κ2) is 5.70. The van der Waals surface area contributed by atoms with Gasteiger partial charge in [-0.15, -0.1) is 0 Å². The van der Waals surface area contributed by atoms with Crippen LogP contribution in [0.4, 0.5) is 14.9 Å². The van der Waals surface area contributed by atoms with E-state index in [-0.39, 0.29) is 11.8 Å². The van der Waals surface area contributed by atoms with E-state index >= 15 is 0 Å². The number of carbonyl (C=O) groups is 1. The molecule has 3 nitrogen and oxygen atoms in total. The van der Waals surface area contributed by atoms with Crippen LogP contribution in [0.3, 0.4) is 0 Å². The largest absolute Gasteiger partial charge is 0.327 e. The minimum atomic E-state index is -0.365. The number of benzene rings is 1. The van der Waals surface area contributed by atoms with E-state index in [1.165, 1.54) is 17.0 Å². The normalized spacial score (nSPS) is 9.80. The Balaban J connectivity index is 2.58. The number of hydrogen-bond acceptors (Lipinski definition) is 1. The van der Waals surface area contributed by atoms with Crippen molar-refractivity contribution in [2.45, 2.75) is 0 Å². The average Bonchev–Trinajstić information content (AvgIpc) is 2.18. The number of nitrogens with one attached hydrogen (secondary N) is 1. The Kier molecular flexibility index (Phi) is 4.55. The Morgan fingerprint density at radius 3 is 2.93 bits per heavy atom. The molecule has 0 aliphatic carbocycles. The Morgan fingerprint density at radius 2 is 2.33 bits per heavy atom. The van der Waals surface area contributed by atoms with Crippen LogP contribution in [0.25, 0.3) is 0 Å². The lowest BCUT2D eigenvalue weighted by Crippen LogP contribution is -2.32. The fraction of sp³-hybridized carbons (Fsp3) is 0.300. The van der Waals surface area contributed by atoms with E-state index in [1.54, 1.807) is 19.2 Å². The summed E-state index contributed by atoms with van der Waals surface area (Å²) < 4.78 is 12.8. The Morgan fingerprint density at radius 1 is 1.60 bits per heavy atom. The van der Waals surface area contributed by atoms with E-state index in [2.05, 4.69) is 21.2 Å². The van der Waals surface area contributed by atoms with E-state index in [0.717, 1.165) is 0 Å². The van der Waals surface area contributed by atoms with Gasteiger partial charge in [0.1, 0.15) is 5.82 Å². The third-order valence-corrected chi connectivity index (χ3v) is 2.20. The monoisotopic (exact) mass is 274 g/mol. The first-order valence-corrected chi connectivity index (χ1v) is 5.59. The van der Waals surface area contributed by atoms with Crippen molar-refractivity contribution >= 4 is 27.6 Å². The second-order valence-corrected chi connectivity index (χ2v) is 3.84. The highest BCUT2D eigenvalue weighted by molar-refractivity contribution is 9.09. The van der Waals surface area contributed by atoms with Crippen molar-refractivity contribution in [3.05, 3.63) is 30.1 Å². The lowest BCUT2D eigenvalue weighted by Gasteiger charge is -2.16. The Hall–Kier alpha value is -1.10. The SMILES string of the molecule is CN(CCBr)C(=O)Nc1cccc(F)c1. The number of amides is 2. The molecule has 1 aromatic rings. The maximum atomic E-state index is 12.8. The summed E-state index contributed by atoms with van der Waals surface area (Å²) in [6.07, 6.45) is 0. The van der Waals surface area contributed by atoms with Crippen molar-refractivity contribution in [1.29, 1.82) is 0 Å². The molecule has 0 fully saturated rings. The van der Waals surface area contributed by atoms with E-state index in [1.807, 2.05) is 0 Å². The number of rotatable bonds is 3. The van der Waals surface area contributed by atoms with Crippen LogP contribution in [0.5, 0.6) is 0 Å². The molecule has 0 atom stereocenters. The highest BCUT2D eigenvalue weighted by Crippen LogP contribution is 2.09. The molecule has 0 radical (unpaired) electrons. The van der Waals surface area contributed by atoms with Crippen molar-refractivity contribution in [2.75, 3.05) is 24.2 Å². The lowest BCUT2D eigenvalue weighted by molar-refractivity contribution is 0.225. The van der Waals surface area contributed by atoms with Gasteiger partial charge in [-0.1, -0.05) is 22.0 Å². The summed E-state index contributed by atoms with van der Waals surface area (Å²) in [6, 6.07) is 5.55.